The second kappa shape index (κ2) is 9.84. The van der Waals surface area contributed by atoms with Crippen LogP contribution in [0.2, 0.25) is 0 Å². The van der Waals surface area contributed by atoms with E-state index in [2.05, 4.69) is 0 Å². The molecule has 0 bridgehead atoms. The molecule has 0 aromatic carbocycles. The first-order chi connectivity index (χ1) is 8.54. The topological polar surface area (TPSA) is 36.9 Å². The molecular formula is C12H28ClO4Zr. The van der Waals surface area contributed by atoms with Gasteiger partial charge < -0.3 is 0 Å². The third-order valence-electron chi connectivity index (χ3n) is 2.15. The van der Waals surface area contributed by atoms with Crippen LogP contribution in [0.25, 0.3) is 0 Å². The molecule has 0 aromatic rings. The van der Waals surface area contributed by atoms with Gasteiger partial charge in [0, 0.05) is 0 Å². The van der Waals surface area contributed by atoms with Gasteiger partial charge in [-0.2, -0.15) is 0 Å². The molecule has 0 atom stereocenters. The number of hydrogen-bond donors (Lipinski definition) is 0. The molecule has 111 valence electrons. The normalized spacial score (nSPS) is 14.4. The van der Waals surface area contributed by atoms with Gasteiger partial charge in [0.15, 0.2) is 0 Å². The molecule has 0 aliphatic rings. The van der Waals surface area contributed by atoms with Gasteiger partial charge in [0.1, 0.15) is 0 Å². The van der Waals surface area contributed by atoms with E-state index in [-0.39, 0.29) is 0 Å². The van der Waals surface area contributed by atoms with Crippen molar-refractivity contribution in [1.29, 1.82) is 0 Å². The van der Waals surface area contributed by atoms with Crippen molar-refractivity contribution in [2.45, 2.75) is 53.4 Å². The molecule has 0 rings (SSSR count). The van der Waals surface area contributed by atoms with E-state index in [0.717, 1.165) is 25.7 Å². The van der Waals surface area contributed by atoms with Crippen LogP contribution in [0.3, 0.4) is 0 Å². The summed E-state index contributed by atoms with van der Waals surface area (Å²) in [6.07, 6.45) is 3.43. The summed E-state index contributed by atoms with van der Waals surface area (Å²) in [7, 11) is 6.63. The van der Waals surface area contributed by atoms with Crippen molar-refractivity contribution in [3.63, 3.8) is 0 Å². The van der Waals surface area contributed by atoms with Crippen LogP contribution in [0.5, 0.6) is 0 Å². The van der Waals surface area contributed by atoms with Crippen LogP contribution in [-0.4, -0.2) is 26.4 Å². The van der Waals surface area contributed by atoms with Crippen molar-refractivity contribution >= 4 is 8.51 Å². The monoisotopic (exact) mass is 361 g/mol. The van der Waals surface area contributed by atoms with Crippen LogP contribution in [0.4, 0.5) is 0 Å². The summed E-state index contributed by atoms with van der Waals surface area (Å²) >= 11 is -4.87. The fraction of sp³-hybridized carbons (Fsp3) is 1.00. The second-order valence-corrected chi connectivity index (χ2v) is 14.7. The van der Waals surface area contributed by atoms with E-state index in [1.54, 1.807) is 0 Å². The Hall–Kier alpha value is 1.01. The average Bonchev–Trinajstić information content (AvgIpc) is 2.40. The minimum absolute atomic E-state index is 0.506. The van der Waals surface area contributed by atoms with Crippen LogP contribution in [0, 0.1) is 0 Å². The van der Waals surface area contributed by atoms with Gasteiger partial charge >= 0.3 is 119 Å². The summed E-state index contributed by atoms with van der Waals surface area (Å²) in [6, 6.07) is 0. The van der Waals surface area contributed by atoms with Crippen LogP contribution in [0.15, 0.2) is 0 Å². The van der Waals surface area contributed by atoms with Crippen LogP contribution in [0.1, 0.15) is 53.4 Å². The number of hydrogen-bond acceptors (Lipinski definition) is 4. The van der Waals surface area contributed by atoms with Gasteiger partial charge in [-0.25, -0.2) is 0 Å². The molecule has 0 heterocycles. The molecule has 0 unspecified atom stereocenters. The predicted octanol–water partition coefficient (Wildman–Crippen LogP) is 4.20. The first-order valence-corrected chi connectivity index (χ1v) is 14.2. The standard InChI is InChI=1S/4C3H7O.ClH.Zr/c4*1-2-3-4;;/h4*2-3H2,1H3;1H;/q4*-1;;+5/p-1. The number of halogens is 1. The predicted molar refractivity (Wildman–Crippen MR) is 70.8 cm³/mol. The zero-order valence-corrected chi connectivity index (χ0v) is 15.4. The molecule has 0 N–H and O–H groups in total. The Bertz CT molecular complexity index is 173. The van der Waals surface area contributed by atoms with Crippen molar-refractivity contribution < 1.29 is 30.6 Å². The molecule has 0 saturated carbocycles. The quantitative estimate of drug-likeness (QED) is 0.521. The fourth-order valence-corrected chi connectivity index (χ4v) is 9.59. The summed E-state index contributed by atoms with van der Waals surface area (Å²) in [4.78, 5) is 0. The Morgan fingerprint density at radius 3 is 1.00 bits per heavy atom. The summed E-state index contributed by atoms with van der Waals surface area (Å²) in [5.74, 6) is 0. The van der Waals surface area contributed by atoms with Gasteiger partial charge in [0.05, 0.1) is 0 Å². The molecule has 18 heavy (non-hydrogen) atoms. The van der Waals surface area contributed by atoms with E-state index in [1.807, 2.05) is 27.7 Å². The Labute approximate surface area is 118 Å². The van der Waals surface area contributed by atoms with E-state index in [4.69, 9.17) is 19.8 Å². The molecule has 0 aliphatic carbocycles. The molecule has 0 fully saturated rings. The van der Waals surface area contributed by atoms with Crippen molar-refractivity contribution in [2.24, 2.45) is 0 Å². The third-order valence-corrected chi connectivity index (χ3v) is 11.3. The maximum atomic E-state index is 6.63. The van der Waals surface area contributed by atoms with Gasteiger partial charge in [-0.1, -0.05) is 0 Å². The maximum absolute atomic E-state index is 6.63. The van der Waals surface area contributed by atoms with Crippen LogP contribution < -0.4 is 0 Å². The van der Waals surface area contributed by atoms with Gasteiger partial charge in [-0.3, -0.25) is 0 Å². The first kappa shape index (κ1) is 19.0. The molecule has 0 spiro atoms. The second-order valence-electron chi connectivity index (χ2n) is 4.20. The average molecular weight is 363 g/mol. The zero-order chi connectivity index (χ0) is 13.9. The molecular weight excluding hydrogens is 335 g/mol. The molecule has 0 aromatic heterocycles. The Morgan fingerprint density at radius 2 is 0.833 bits per heavy atom. The van der Waals surface area contributed by atoms with E-state index >= 15 is 0 Å². The molecule has 0 saturated heterocycles. The van der Waals surface area contributed by atoms with Gasteiger partial charge in [-0.05, 0) is 0 Å². The Kier molecular flexibility index (Phi) is 10.4. The van der Waals surface area contributed by atoms with Crippen molar-refractivity contribution in [2.75, 3.05) is 26.4 Å². The zero-order valence-electron chi connectivity index (χ0n) is 12.2. The van der Waals surface area contributed by atoms with Crippen LogP contribution in [-0.2, 0) is 30.6 Å². The molecule has 0 aliphatic heterocycles. The molecule has 0 radical (unpaired) electrons. The fourth-order valence-electron chi connectivity index (χ4n) is 1.31. The third kappa shape index (κ3) is 6.97. The van der Waals surface area contributed by atoms with Crippen LogP contribution >= 0.6 is 8.51 Å². The van der Waals surface area contributed by atoms with Crippen molar-refractivity contribution in [3.05, 3.63) is 0 Å². The SMILES string of the molecule is CCC[O][Zr]([Cl])([O]CCC)([O]CCC)[O]CCC. The van der Waals surface area contributed by atoms with Gasteiger partial charge in [0.2, 0.25) is 0 Å². The van der Waals surface area contributed by atoms with E-state index < -0.39 is 19.4 Å². The Morgan fingerprint density at radius 1 is 0.611 bits per heavy atom. The van der Waals surface area contributed by atoms with E-state index in [0.29, 0.717) is 26.4 Å². The molecule has 0 amide bonds. The van der Waals surface area contributed by atoms with Crippen molar-refractivity contribution in [3.8, 4) is 0 Å². The van der Waals surface area contributed by atoms with Crippen molar-refractivity contribution in [1.82, 2.24) is 0 Å². The van der Waals surface area contributed by atoms with Gasteiger partial charge in [0.25, 0.3) is 0 Å². The molecule has 4 nitrogen and oxygen atoms in total. The number of rotatable bonds is 12. The molecule has 6 heteroatoms. The minimum atomic E-state index is -4.87. The Balaban J connectivity index is 4.82. The van der Waals surface area contributed by atoms with E-state index in [9.17, 15) is 0 Å². The van der Waals surface area contributed by atoms with E-state index in [1.165, 1.54) is 0 Å². The summed E-state index contributed by atoms with van der Waals surface area (Å²) in [5, 5.41) is 0. The first-order valence-electron chi connectivity index (χ1n) is 6.99. The summed E-state index contributed by atoms with van der Waals surface area (Å²) < 4.78 is 23.1. The summed E-state index contributed by atoms with van der Waals surface area (Å²) in [5.41, 5.74) is 0. The summed E-state index contributed by atoms with van der Waals surface area (Å²) in [6.45, 7) is 10.1. The van der Waals surface area contributed by atoms with Gasteiger partial charge in [-0.15, -0.1) is 0 Å².